The Balaban J connectivity index is 0.000000583. The molecule has 15 heavy (non-hydrogen) atoms. The van der Waals surface area contributed by atoms with Gasteiger partial charge in [-0.1, -0.05) is 0 Å². The van der Waals surface area contributed by atoms with Crippen molar-refractivity contribution in [2.45, 2.75) is 0 Å². The van der Waals surface area contributed by atoms with Gasteiger partial charge in [-0.2, -0.15) is 0 Å². The van der Waals surface area contributed by atoms with Crippen LogP contribution in [0.25, 0.3) is 0 Å². The normalized spacial score (nSPS) is 8.67. The van der Waals surface area contributed by atoms with Crippen LogP contribution in [0.1, 0.15) is 0 Å². The fraction of sp³-hybridized carbons (Fsp3) is 0.250. The monoisotopic (exact) mass is 214 g/mol. The van der Waals surface area contributed by atoms with Gasteiger partial charge in [0, 0.05) is 26.4 Å². The van der Waals surface area contributed by atoms with Crippen LogP contribution in [0.2, 0.25) is 0 Å². The lowest BCUT2D eigenvalue weighted by Crippen LogP contribution is -1.91. The summed E-state index contributed by atoms with van der Waals surface area (Å²) in [6.07, 6.45) is 0. The highest BCUT2D eigenvalue weighted by atomic mass is 16.6. The molecule has 0 atom stereocenters. The lowest BCUT2D eigenvalue weighted by atomic mass is 10.3. The van der Waals surface area contributed by atoms with E-state index in [1.54, 1.807) is 14.2 Å². The summed E-state index contributed by atoms with van der Waals surface area (Å²) < 4.78 is 4.25. The van der Waals surface area contributed by atoms with Crippen molar-refractivity contribution in [3.8, 4) is 0 Å². The number of ether oxygens (including phenoxy) is 1. The van der Waals surface area contributed by atoms with Crippen molar-refractivity contribution in [3.05, 3.63) is 44.5 Å². The summed E-state index contributed by atoms with van der Waals surface area (Å²) in [5, 5.41) is 20.3. The Morgan fingerprint density at radius 2 is 1.40 bits per heavy atom. The van der Waals surface area contributed by atoms with Crippen LogP contribution in [0.4, 0.5) is 11.4 Å². The van der Waals surface area contributed by atoms with E-state index in [9.17, 15) is 20.2 Å². The summed E-state index contributed by atoms with van der Waals surface area (Å²) in [7, 11) is 3.25. The minimum atomic E-state index is -0.674. The number of rotatable bonds is 2. The molecular formula is C8H10N2O5. The van der Waals surface area contributed by atoms with Gasteiger partial charge in [-0.15, -0.1) is 0 Å². The Labute approximate surface area is 85.6 Å². The van der Waals surface area contributed by atoms with Crippen LogP contribution in [0, 0.1) is 20.2 Å². The zero-order valence-corrected chi connectivity index (χ0v) is 8.25. The van der Waals surface area contributed by atoms with Gasteiger partial charge in [-0.3, -0.25) is 20.2 Å². The Bertz CT molecular complexity index is 323. The summed E-state index contributed by atoms with van der Waals surface area (Å²) in [5.74, 6) is 0. The summed E-state index contributed by atoms with van der Waals surface area (Å²) in [5.41, 5.74) is -0.548. The smallest absolute Gasteiger partial charge is 0.276 e. The van der Waals surface area contributed by atoms with E-state index in [-0.39, 0.29) is 11.4 Å². The first-order valence-electron chi connectivity index (χ1n) is 3.82. The predicted octanol–water partition coefficient (Wildman–Crippen LogP) is 1.77. The number of nitro benzene ring substituents is 2. The highest BCUT2D eigenvalue weighted by Gasteiger charge is 2.11. The molecule has 0 fully saturated rings. The molecule has 1 aromatic rings. The Morgan fingerprint density at radius 3 is 1.67 bits per heavy atom. The van der Waals surface area contributed by atoms with Crippen LogP contribution in [-0.4, -0.2) is 24.1 Å². The van der Waals surface area contributed by atoms with E-state index in [1.807, 2.05) is 0 Å². The van der Waals surface area contributed by atoms with Crippen molar-refractivity contribution in [1.29, 1.82) is 0 Å². The Hall–Kier alpha value is -2.02. The van der Waals surface area contributed by atoms with Crippen LogP contribution in [0.15, 0.2) is 24.3 Å². The Morgan fingerprint density at radius 1 is 1.07 bits per heavy atom. The molecule has 0 spiro atoms. The predicted molar refractivity (Wildman–Crippen MR) is 52.7 cm³/mol. The van der Waals surface area contributed by atoms with Gasteiger partial charge in [0.1, 0.15) is 0 Å². The number of hydrogen-bond acceptors (Lipinski definition) is 5. The SMILES string of the molecule is COC.O=[N+]([O-])c1cccc([N+](=O)[O-])c1. The molecule has 7 nitrogen and oxygen atoms in total. The molecule has 1 aromatic carbocycles. The molecule has 0 saturated carbocycles. The number of benzene rings is 1. The number of non-ortho nitro benzene ring substituents is 2. The average molecular weight is 214 g/mol. The first kappa shape index (κ1) is 13.0. The van der Waals surface area contributed by atoms with Crippen LogP contribution < -0.4 is 0 Å². The van der Waals surface area contributed by atoms with E-state index >= 15 is 0 Å². The molecule has 0 bridgehead atoms. The third-order valence-corrected chi connectivity index (χ3v) is 1.25. The second-order valence-corrected chi connectivity index (χ2v) is 2.44. The number of methoxy groups -OCH3 is 1. The van der Waals surface area contributed by atoms with E-state index in [0.717, 1.165) is 6.07 Å². The van der Waals surface area contributed by atoms with Gasteiger partial charge in [0.05, 0.1) is 15.9 Å². The zero-order valence-electron chi connectivity index (χ0n) is 8.25. The molecule has 0 N–H and O–H groups in total. The number of nitro groups is 2. The van der Waals surface area contributed by atoms with Crippen molar-refractivity contribution in [1.82, 2.24) is 0 Å². The largest absolute Gasteiger partial charge is 0.388 e. The second kappa shape index (κ2) is 6.44. The number of nitrogens with zero attached hydrogens (tertiary/aromatic N) is 2. The standard InChI is InChI=1S/C6H4N2O4.C2H6O/c9-7(10)5-2-1-3-6(4-5)8(11)12;1-3-2/h1-4H;1-2H3. The minimum absolute atomic E-state index is 0.274. The summed E-state index contributed by atoms with van der Waals surface area (Å²) in [6.45, 7) is 0. The van der Waals surface area contributed by atoms with Crippen LogP contribution in [0.3, 0.4) is 0 Å². The first-order chi connectivity index (χ1) is 7.02. The van der Waals surface area contributed by atoms with Crippen molar-refractivity contribution < 1.29 is 14.6 Å². The van der Waals surface area contributed by atoms with Crippen molar-refractivity contribution in [2.24, 2.45) is 0 Å². The topological polar surface area (TPSA) is 95.5 Å². The molecule has 0 aliphatic rings. The van der Waals surface area contributed by atoms with E-state index in [1.165, 1.54) is 18.2 Å². The van der Waals surface area contributed by atoms with Crippen LogP contribution in [0.5, 0.6) is 0 Å². The molecule has 7 heteroatoms. The molecule has 82 valence electrons. The van der Waals surface area contributed by atoms with Crippen molar-refractivity contribution >= 4 is 11.4 Å². The molecule has 0 saturated heterocycles. The maximum atomic E-state index is 10.2. The van der Waals surface area contributed by atoms with Gasteiger partial charge < -0.3 is 4.74 Å². The quantitative estimate of drug-likeness (QED) is 0.552. The van der Waals surface area contributed by atoms with Gasteiger partial charge in [0.15, 0.2) is 0 Å². The van der Waals surface area contributed by atoms with E-state index in [2.05, 4.69) is 4.74 Å². The first-order valence-corrected chi connectivity index (χ1v) is 3.82. The van der Waals surface area contributed by atoms with E-state index in [4.69, 9.17) is 0 Å². The highest BCUT2D eigenvalue weighted by molar-refractivity contribution is 5.42. The lowest BCUT2D eigenvalue weighted by Gasteiger charge is -1.90. The molecule has 0 aliphatic heterocycles. The third kappa shape index (κ3) is 4.67. The molecular weight excluding hydrogens is 204 g/mol. The maximum absolute atomic E-state index is 10.2. The Kier molecular flexibility index (Phi) is 5.57. The van der Waals surface area contributed by atoms with E-state index in [0.29, 0.717) is 0 Å². The van der Waals surface area contributed by atoms with E-state index < -0.39 is 9.85 Å². The summed E-state index contributed by atoms with van der Waals surface area (Å²) in [6, 6.07) is 4.59. The molecule has 0 unspecified atom stereocenters. The van der Waals surface area contributed by atoms with Crippen LogP contribution in [-0.2, 0) is 4.74 Å². The molecule has 0 aromatic heterocycles. The molecule has 1 rings (SSSR count). The second-order valence-electron chi connectivity index (χ2n) is 2.44. The van der Waals surface area contributed by atoms with Crippen LogP contribution >= 0.6 is 0 Å². The third-order valence-electron chi connectivity index (χ3n) is 1.25. The summed E-state index contributed by atoms with van der Waals surface area (Å²) >= 11 is 0. The minimum Gasteiger partial charge on any atom is -0.388 e. The fourth-order valence-corrected chi connectivity index (χ4v) is 0.720. The molecule has 0 aliphatic carbocycles. The summed E-state index contributed by atoms with van der Waals surface area (Å²) in [4.78, 5) is 19.0. The average Bonchev–Trinajstić information content (AvgIpc) is 2.19. The highest BCUT2D eigenvalue weighted by Crippen LogP contribution is 2.18. The number of hydrogen-bond donors (Lipinski definition) is 0. The van der Waals surface area contributed by atoms with Gasteiger partial charge in [0.25, 0.3) is 11.4 Å². The molecule has 0 heterocycles. The lowest BCUT2D eigenvalue weighted by molar-refractivity contribution is -0.394. The fourth-order valence-electron chi connectivity index (χ4n) is 0.720. The molecule has 0 radical (unpaired) electrons. The van der Waals surface area contributed by atoms with Gasteiger partial charge in [-0.25, -0.2) is 0 Å². The van der Waals surface area contributed by atoms with Crippen molar-refractivity contribution in [2.75, 3.05) is 14.2 Å². The van der Waals surface area contributed by atoms with Gasteiger partial charge in [0.2, 0.25) is 0 Å². The van der Waals surface area contributed by atoms with Gasteiger partial charge >= 0.3 is 0 Å². The van der Waals surface area contributed by atoms with Gasteiger partial charge in [-0.05, 0) is 6.07 Å². The zero-order chi connectivity index (χ0) is 11.8. The van der Waals surface area contributed by atoms with Crippen molar-refractivity contribution in [3.63, 3.8) is 0 Å². The molecule has 0 amide bonds. The maximum Gasteiger partial charge on any atom is 0.276 e.